The Hall–Kier alpha value is -1.30. The van der Waals surface area contributed by atoms with Gasteiger partial charge in [-0.15, -0.1) is 0 Å². The number of nitrogens with one attached hydrogen (secondary N) is 6. The number of carbonyl (C=O) groups is 2. The molecule has 2 saturated carbocycles. The number of ether oxygens (including phenoxy) is 1. The molecule has 3 heterocycles. The second-order valence-corrected chi connectivity index (χ2v) is 12.4. The van der Waals surface area contributed by atoms with Crippen molar-refractivity contribution in [3.63, 3.8) is 0 Å². The molecule has 2 aliphatic carbocycles. The summed E-state index contributed by atoms with van der Waals surface area (Å²) in [6.07, 6.45) is 10.6. The number of rotatable bonds is 9. The van der Waals surface area contributed by atoms with Gasteiger partial charge < -0.3 is 10.1 Å². The number of fused-ring (bicyclic) bond motifs is 2. The van der Waals surface area contributed by atoms with Gasteiger partial charge in [-0.05, 0) is 62.2 Å². The van der Waals surface area contributed by atoms with Gasteiger partial charge >= 0.3 is 0 Å². The second kappa shape index (κ2) is 11.6. The Morgan fingerprint density at radius 2 is 1.94 bits per heavy atom. The minimum atomic E-state index is -0.135. The van der Waals surface area contributed by atoms with E-state index in [1.165, 1.54) is 19.3 Å². The third kappa shape index (κ3) is 6.39. The maximum atomic E-state index is 12.6. The number of hydrazine groups is 1. The molecule has 204 valence electrons. The van der Waals surface area contributed by atoms with E-state index in [1.807, 2.05) is 0 Å². The van der Waals surface area contributed by atoms with Crippen molar-refractivity contribution in [1.29, 1.82) is 0 Å². The van der Waals surface area contributed by atoms with E-state index >= 15 is 0 Å². The molecule has 10 heteroatoms. The lowest BCUT2D eigenvalue weighted by Crippen LogP contribution is -2.65. The normalized spacial score (nSPS) is 38.8. The molecule has 10 nitrogen and oxygen atoms in total. The molecule has 8 atom stereocenters. The first-order valence-corrected chi connectivity index (χ1v) is 14.2. The minimum absolute atomic E-state index is 0.0518. The Morgan fingerprint density at radius 3 is 2.83 bits per heavy atom. The zero-order valence-electron chi connectivity index (χ0n) is 21.9. The quantitative estimate of drug-likeness (QED) is 0.276. The van der Waals surface area contributed by atoms with E-state index in [9.17, 15) is 9.59 Å². The van der Waals surface area contributed by atoms with Crippen molar-refractivity contribution in [1.82, 2.24) is 32.3 Å². The van der Waals surface area contributed by atoms with Gasteiger partial charge in [-0.2, -0.15) is 5.48 Å². The molecule has 0 aromatic heterocycles. The van der Waals surface area contributed by atoms with E-state index in [0.29, 0.717) is 43.2 Å². The Labute approximate surface area is 215 Å². The molecule has 6 N–H and O–H groups in total. The van der Waals surface area contributed by atoms with Crippen LogP contribution in [-0.2, 0) is 19.2 Å². The summed E-state index contributed by atoms with van der Waals surface area (Å²) in [7, 11) is 0. The number of carbonyl (C=O) groups excluding carboxylic acids is 2. The summed E-state index contributed by atoms with van der Waals surface area (Å²) in [5, 5.41) is 10.3. The van der Waals surface area contributed by atoms with Crippen molar-refractivity contribution in [3.05, 3.63) is 0 Å². The lowest BCUT2D eigenvalue weighted by molar-refractivity contribution is -0.134. The van der Waals surface area contributed by atoms with Gasteiger partial charge in [0.2, 0.25) is 11.8 Å². The smallest absolute Gasteiger partial charge is 0.237 e. The van der Waals surface area contributed by atoms with Crippen molar-refractivity contribution in [2.45, 2.75) is 103 Å². The van der Waals surface area contributed by atoms with Crippen LogP contribution in [-0.4, -0.2) is 56.2 Å². The average molecular weight is 507 g/mol. The highest BCUT2D eigenvalue weighted by atomic mass is 16.7. The van der Waals surface area contributed by atoms with Gasteiger partial charge in [0.25, 0.3) is 0 Å². The molecule has 0 spiro atoms. The third-order valence-corrected chi connectivity index (χ3v) is 9.08. The molecule has 5 fully saturated rings. The Balaban J connectivity index is 0.982. The second-order valence-electron chi connectivity index (χ2n) is 12.4. The van der Waals surface area contributed by atoms with Gasteiger partial charge in [0, 0.05) is 38.0 Å². The lowest BCUT2D eigenvalue weighted by atomic mass is 9.76. The van der Waals surface area contributed by atoms with E-state index in [0.717, 1.165) is 45.3 Å². The predicted molar refractivity (Wildman–Crippen MR) is 135 cm³/mol. The van der Waals surface area contributed by atoms with E-state index in [4.69, 9.17) is 9.57 Å². The molecular formula is C26H46N6O4. The Kier molecular flexibility index (Phi) is 8.49. The fraction of sp³-hybridized carbons (Fsp3) is 0.923. The van der Waals surface area contributed by atoms with Crippen molar-refractivity contribution < 1.29 is 19.2 Å². The maximum absolute atomic E-state index is 12.6. The van der Waals surface area contributed by atoms with Crippen molar-refractivity contribution >= 4 is 11.8 Å². The summed E-state index contributed by atoms with van der Waals surface area (Å²) in [6, 6.07) is 0. The lowest BCUT2D eigenvalue weighted by Gasteiger charge is -2.42. The fourth-order valence-electron chi connectivity index (χ4n) is 6.84. The van der Waals surface area contributed by atoms with Crippen LogP contribution in [0.4, 0.5) is 0 Å². The van der Waals surface area contributed by atoms with Crippen molar-refractivity contribution in [2.75, 3.05) is 19.7 Å². The Morgan fingerprint density at radius 1 is 1.08 bits per heavy atom. The summed E-state index contributed by atoms with van der Waals surface area (Å²) < 4.78 is 5.83. The highest BCUT2D eigenvalue weighted by Crippen LogP contribution is 2.39. The monoisotopic (exact) mass is 506 g/mol. The van der Waals surface area contributed by atoms with Crippen LogP contribution < -0.4 is 32.3 Å². The van der Waals surface area contributed by atoms with E-state index < -0.39 is 0 Å². The summed E-state index contributed by atoms with van der Waals surface area (Å²) in [5.41, 5.74) is 9.08. The molecule has 8 unspecified atom stereocenters. The molecule has 3 aliphatic heterocycles. The van der Waals surface area contributed by atoms with Gasteiger partial charge in [-0.1, -0.05) is 26.7 Å². The molecule has 5 aliphatic rings. The minimum Gasteiger partial charge on any atom is -0.378 e. The molecular weight excluding hydrogens is 460 g/mol. The molecule has 0 aromatic rings. The van der Waals surface area contributed by atoms with Crippen LogP contribution in [0.25, 0.3) is 0 Å². The molecule has 2 amide bonds. The fourth-order valence-corrected chi connectivity index (χ4v) is 6.84. The zero-order chi connectivity index (χ0) is 25.1. The van der Waals surface area contributed by atoms with Crippen LogP contribution in [0.2, 0.25) is 0 Å². The zero-order valence-corrected chi connectivity index (χ0v) is 21.9. The van der Waals surface area contributed by atoms with Crippen LogP contribution in [0.3, 0.4) is 0 Å². The van der Waals surface area contributed by atoms with Gasteiger partial charge in [0.1, 0.15) is 6.23 Å². The summed E-state index contributed by atoms with van der Waals surface area (Å²) in [6.45, 7) is 6.56. The van der Waals surface area contributed by atoms with E-state index in [2.05, 4.69) is 46.1 Å². The maximum Gasteiger partial charge on any atom is 0.237 e. The number of hydroxylamine groups is 1. The Bertz CT molecular complexity index is 782. The van der Waals surface area contributed by atoms with Crippen LogP contribution in [0.5, 0.6) is 0 Å². The van der Waals surface area contributed by atoms with Crippen LogP contribution in [0, 0.1) is 29.1 Å². The van der Waals surface area contributed by atoms with Crippen LogP contribution in [0.1, 0.15) is 78.1 Å². The summed E-state index contributed by atoms with van der Waals surface area (Å²) in [4.78, 5) is 30.5. The highest BCUT2D eigenvalue weighted by Gasteiger charge is 2.41. The molecule has 5 rings (SSSR count). The van der Waals surface area contributed by atoms with Gasteiger partial charge in [0.15, 0.2) is 0 Å². The van der Waals surface area contributed by atoms with Gasteiger partial charge in [-0.3, -0.25) is 30.5 Å². The van der Waals surface area contributed by atoms with Crippen LogP contribution >= 0.6 is 0 Å². The predicted octanol–water partition coefficient (Wildman–Crippen LogP) is 1.25. The van der Waals surface area contributed by atoms with Gasteiger partial charge in [-0.25, -0.2) is 5.43 Å². The number of hydrogen-bond donors (Lipinski definition) is 6. The van der Waals surface area contributed by atoms with Gasteiger partial charge in [0.05, 0.1) is 18.4 Å². The van der Waals surface area contributed by atoms with Crippen molar-refractivity contribution in [2.24, 2.45) is 29.1 Å². The summed E-state index contributed by atoms with van der Waals surface area (Å²) in [5.74, 6) is 1.85. The first-order chi connectivity index (χ1) is 17.4. The average Bonchev–Trinajstić information content (AvgIpc) is 3.55. The first kappa shape index (κ1) is 26.3. The topological polar surface area (TPSA) is 125 Å². The largest absolute Gasteiger partial charge is 0.378 e. The number of amides is 2. The van der Waals surface area contributed by atoms with Crippen LogP contribution in [0.15, 0.2) is 0 Å². The van der Waals surface area contributed by atoms with Crippen molar-refractivity contribution in [3.8, 4) is 0 Å². The van der Waals surface area contributed by atoms with E-state index in [-0.39, 0.29) is 41.7 Å². The number of hydrogen-bond acceptors (Lipinski definition) is 8. The highest BCUT2D eigenvalue weighted by molar-refractivity contribution is 5.79. The molecule has 0 aromatic carbocycles. The summed E-state index contributed by atoms with van der Waals surface area (Å²) >= 11 is 0. The SMILES string of the molecule is CC(C)(CNC(=O)CCC1NC(C2CCC3OCCC3C2)NO1)CNC1NNC(=O)C2CCCCC12. The molecule has 3 saturated heterocycles. The third-order valence-electron chi connectivity index (χ3n) is 9.08. The molecule has 0 bridgehead atoms. The first-order valence-electron chi connectivity index (χ1n) is 14.2. The molecule has 0 radical (unpaired) electrons. The molecule has 36 heavy (non-hydrogen) atoms. The van der Waals surface area contributed by atoms with E-state index in [1.54, 1.807) is 0 Å². The standard InChI is InChI=1S/C26H46N6O4/c1-26(2,15-28-24-18-5-3-4-6-19(18)25(34)31-30-24)14-27-21(33)9-10-22-29-23(32-36-22)17-7-8-20-16(13-17)11-12-35-20/h16-20,22-24,28-30,32H,3-15H2,1-2H3,(H,27,33)(H,31,34).